The number of nitrogens with one attached hydrogen (secondary N) is 3. The van der Waals surface area contributed by atoms with Gasteiger partial charge in [0.25, 0.3) is 5.56 Å². The zero-order chi connectivity index (χ0) is 19.1. The summed E-state index contributed by atoms with van der Waals surface area (Å²) in [7, 11) is 3.79. The van der Waals surface area contributed by atoms with Crippen molar-refractivity contribution < 1.29 is 0 Å². The summed E-state index contributed by atoms with van der Waals surface area (Å²) in [5.74, 6) is 0.760. The minimum atomic E-state index is -0.188. The number of H-pyrrole nitrogens is 2. The van der Waals surface area contributed by atoms with Crippen molar-refractivity contribution in [2.24, 2.45) is 0 Å². The number of piperidine rings is 1. The summed E-state index contributed by atoms with van der Waals surface area (Å²) in [5, 5.41) is 18.0. The van der Waals surface area contributed by atoms with E-state index in [1.54, 1.807) is 18.5 Å². The van der Waals surface area contributed by atoms with Gasteiger partial charge < -0.3 is 15.2 Å². The Morgan fingerprint density at radius 1 is 1.00 bits per heavy atom. The van der Waals surface area contributed by atoms with Crippen LogP contribution in [0.4, 0.5) is 5.82 Å². The van der Waals surface area contributed by atoms with Gasteiger partial charge in [-0.15, -0.1) is 10.2 Å². The van der Waals surface area contributed by atoms with Gasteiger partial charge in [-0.05, 0) is 50.2 Å². The summed E-state index contributed by atoms with van der Waals surface area (Å²) < 4.78 is 0. The van der Waals surface area contributed by atoms with Gasteiger partial charge in [-0.3, -0.25) is 9.89 Å². The zero-order valence-electron chi connectivity index (χ0n) is 15.7. The van der Waals surface area contributed by atoms with Gasteiger partial charge in [-0.25, -0.2) is 0 Å². The summed E-state index contributed by atoms with van der Waals surface area (Å²) in [6, 6.07) is 7.24. The van der Waals surface area contributed by atoms with Gasteiger partial charge in [0.1, 0.15) is 5.69 Å². The lowest BCUT2D eigenvalue weighted by Gasteiger charge is -2.10. The summed E-state index contributed by atoms with van der Waals surface area (Å²) in [4.78, 5) is 16.8. The van der Waals surface area contributed by atoms with E-state index in [1.807, 2.05) is 37.2 Å². The predicted octanol–water partition coefficient (Wildman–Crippen LogP) is 2.05. The Morgan fingerprint density at radius 3 is 2.30 bits per heavy atom. The monoisotopic (exact) mass is 367 g/mol. The quantitative estimate of drug-likeness (QED) is 0.655. The second-order valence-corrected chi connectivity index (χ2v) is 6.58. The Kier molecular flexibility index (Phi) is 6.32. The number of pyridine rings is 1. The minimum Gasteiger partial charge on any atom is -0.361 e. The molecule has 142 valence electrons. The third kappa shape index (κ3) is 5.01. The van der Waals surface area contributed by atoms with Crippen LogP contribution in [0.1, 0.15) is 19.3 Å². The molecule has 3 N–H and O–H groups in total. The maximum atomic E-state index is 12.1. The Bertz CT molecular complexity index is 870. The Balaban J connectivity index is 0.000000299. The van der Waals surface area contributed by atoms with Crippen LogP contribution in [0.15, 0.2) is 41.5 Å². The molecule has 3 aromatic rings. The van der Waals surface area contributed by atoms with Crippen LogP contribution >= 0.6 is 0 Å². The van der Waals surface area contributed by atoms with E-state index in [9.17, 15) is 4.79 Å². The standard InChI is InChI=1S/C14H14N6O.C5H11N/c1-20(2)13-6-5-12(18-19-13)11-4-3-10(14(21)17-11)9-7-15-16-8-9;1-2-4-6-5-3-1/h3-8H,1-2H3,(H,15,16)(H,17,21);6H,1-5H2. The topological polar surface area (TPSA) is 103 Å². The third-order valence-corrected chi connectivity index (χ3v) is 4.31. The maximum Gasteiger partial charge on any atom is 0.256 e. The van der Waals surface area contributed by atoms with Crippen molar-refractivity contribution in [2.45, 2.75) is 19.3 Å². The number of aromatic amines is 2. The van der Waals surface area contributed by atoms with Gasteiger partial charge in [0.15, 0.2) is 5.82 Å². The fourth-order valence-electron chi connectivity index (χ4n) is 2.76. The maximum absolute atomic E-state index is 12.1. The van der Waals surface area contributed by atoms with Gasteiger partial charge >= 0.3 is 0 Å². The number of hydrogen-bond donors (Lipinski definition) is 3. The largest absolute Gasteiger partial charge is 0.361 e. The highest BCUT2D eigenvalue weighted by Gasteiger charge is 2.08. The molecule has 1 aliphatic rings. The Hall–Kier alpha value is -3.00. The van der Waals surface area contributed by atoms with Gasteiger partial charge in [0, 0.05) is 25.9 Å². The smallest absolute Gasteiger partial charge is 0.256 e. The molecule has 0 saturated carbocycles. The van der Waals surface area contributed by atoms with Crippen molar-refractivity contribution in [1.82, 2.24) is 30.7 Å². The molecule has 0 atom stereocenters. The van der Waals surface area contributed by atoms with E-state index in [0.29, 0.717) is 17.0 Å². The molecule has 1 saturated heterocycles. The predicted molar refractivity (Wildman–Crippen MR) is 107 cm³/mol. The van der Waals surface area contributed by atoms with Crippen LogP contribution in [-0.2, 0) is 0 Å². The lowest BCUT2D eigenvalue weighted by atomic mass is 10.1. The molecular formula is C19H25N7O. The van der Waals surface area contributed by atoms with E-state index in [-0.39, 0.29) is 5.56 Å². The Morgan fingerprint density at radius 2 is 1.81 bits per heavy atom. The van der Waals surface area contributed by atoms with Crippen molar-refractivity contribution in [3.8, 4) is 22.5 Å². The second kappa shape index (κ2) is 9.09. The molecule has 1 aliphatic heterocycles. The van der Waals surface area contributed by atoms with E-state index in [4.69, 9.17) is 0 Å². The van der Waals surface area contributed by atoms with Crippen molar-refractivity contribution in [3.05, 3.63) is 47.0 Å². The summed E-state index contributed by atoms with van der Waals surface area (Å²) in [5.41, 5.74) is 2.37. The van der Waals surface area contributed by atoms with Gasteiger partial charge in [0.05, 0.1) is 17.5 Å². The average molecular weight is 367 g/mol. The molecule has 0 bridgehead atoms. The van der Waals surface area contributed by atoms with Crippen LogP contribution in [0.5, 0.6) is 0 Å². The molecule has 0 spiro atoms. The van der Waals surface area contributed by atoms with Crippen LogP contribution in [-0.4, -0.2) is 52.6 Å². The minimum absolute atomic E-state index is 0.188. The van der Waals surface area contributed by atoms with E-state index in [1.165, 1.54) is 32.4 Å². The molecule has 0 aliphatic carbocycles. The number of nitrogens with zero attached hydrogens (tertiary/aromatic N) is 4. The molecule has 3 aromatic heterocycles. The van der Waals surface area contributed by atoms with Crippen molar-refractivity contribution in [1.29, 1.82) is 0 Å². The average Bonchev–Trinajstić information content (AvgIpc) is 3.24. The fraction of sp³-hybridized carbons (Fsp3) is 0.368. The highest BCUT2D eigenvalue weighted by atomic mass is 16.1. The SMILES string of the molecule is C1CCNCC1.CN(C)c1ccc(-c2ccc(-c3cn[nH]c3)c(=O)[nH]2)nn1. The fourth-order valence-corrected chi connectivity index (χ4v) is 2.76. The van der Waals surface area contributed by atoms with Gasteiger partial charge in [-0.2, -0.15) is 5.10 Å². The van der Waals surface area contributed by atoms with Crippen LogP contribution in [0, 0.1) is 0 Å². The Labute approximate surface area is 158 Å². The summed E-state index contributed by atoms with van der Waals surface area (Å²) in [6.07, 6.45) is 7.50. The van der Waals surface area contributed by atoms with E-state index in [2.05, 4.69) is 30.7 Å². The molecule has 0 radical (unpaired) electrons. The first-order valence-electron chi connectivity index (χ1n) is 9.10. The highest BCUT2D eigenvalue weighted by molar-refractivity contribution is 5.64. The number of rotatable bonds is 3. The van der Waals surface area contributed by atoms with Gasteiger partial charge in [-0.1, -0.05) is 6.42 Å². The number of hydrogen-bond acceptors (Lipinski definition) is 6. The normalized spacial score (nSPS) is 13.6. The van der Waals surface area contributed by atoms with Crippen LogP contribution < -0.4 is 15.8 Å². The molecule has 4 rings (SSSR count). The van der Waals surface area contributed by atoms with E-state index < -0.39 is 0 Å². The zero-order valence-corrected chi connectivity index (χ0v) is 15.7. The van der Waals surface area contributed by atoms with Crippen LogP contribution in [0.25, 0.3) is 22.5 Å². The first-order chi connectivity index (χ1) is 13.1. The number of aromatic nitrogens is 5. The molecule has 0 unspecified atom stereocenters. The molecule has 1 fully saturated rings. The molecule has 8 heteroatoms. The van der Waals surface area contributed by atoms with Crippen molar-refractivity contribution in [3.63, 3.8) is 0 Å². The lowest BCUT2D eigenvalue weighted by molar-refractivity contribution is 0.520. The van der Waals surface area contributed by atoms with Crippen LogP contribution in [0.2, 0.25) is 0 Å². The molecule has 27 heavy (non-hydrogen) atoms. The molecular weight excluding hydrogens is 342 g/mol. The van der Waals surface area contributed by atoms with Crippen molar-refractivity contribution in [2.75, 3.05) is 32.1 Å². The van der Waals surface area contributed by atoms with E-state index >= 15 is 0 Å². The van der Waals surface area contributed by atoms with Crippen molar-refractivity contribution >= 4 is 5.82 Å². The molecule has 8 nitrogen and oxygen atoms in total. The lowest BCUT2D eigenvalue weighted by Crippen LogP contribution is -2.21. The second-order valence-electron chi connectivity index (χ2n) is 6.58. The summed E-state index contributed by atoms with van der Waals surface area (Å²) in [6.45, 7) is 2.50. The first kappa shape index (κ1) is 18.8. The number of anilines is 1. The van der Waals surface area contributed by atoms with Gasteiger partial charge in [0.2, 0.25) is 0 Å². The first-order valence-corrected chi connectivity index (χ1v) is 9.10. The van der Waals surface area contributed by atoms with E-state index in [0.717, 1.165) is 11.4 Å². The summed E-state index contributed by atoms with van der Waals surface area (Å²) >= 11 is 0. The molecule has 4 heterocycles. The highest BCUT2D eigenvalue weighted by Crippen LogP contribution is 2.18. The van der Waals surface area contributed by atoms with Crippen LogP contribution in [0.3, 0.4) is 0 Å². The molecule has 0 amide bonds. The third-order valence-electron chi connectivity index (χ3n) is 4.31. The molecule has 0 aromatic carbocycles.